The Hall–Kier alpha value is -1.40. The average molecular weight is 280 g/mol. The third-order valence-electron chi connectivity index (χ3n) is 2.86. The van der Waals surface area contributed by atoms with Gasteiger partial charge >= 0.3 is 0 Å². The van der Waals surface area contributed by atoms with E-state index in [1.54, 1.807) is 23.1 Å². The maximum absolute atomic E-state index is 5.41. The van der Waals surface area contributed by atoms with Gasteiger partial charge in [-0.15, -0.1) is 11.3 Å². The van der Waals surface area contributed by atoms with E-state index in [-0.39, 0.29) is 0 Å². The monoisotopic (exact) mass is 280 g/mol. The molecule has 0 aliphatic carbocycles. The average Bonchev–Trinajstić information content (AvgIpc) is 2.93. The van der Waals surface area contributed by atoms with E-state index >= 15 is 0 Å². The van der Waals surface area contributed by atoms with Gasteiger partial charge in [0.05, 0.1) is 18.4 Å². The van der Waals surface area contributed by atoms with E-state index in [1.807, 2.05) is 20.2 Å². The molecule has 0 saturated carbocycles. The zero-order valence-corrected chi connectivity index (χ0v) is 12.7. The summed E-state index contributed by atoms with van der Waals surface area (Å²) in [4.78, 5) is 5.72. The van der Waals surface area contributed by atoms with Gasteiger partial charge in [-0.25, -0.2) is 9.67 Å². The second kappa shape index (κ2) is 6.16. The van der Waals surface area contributed by atoms with Crippen molar-refractivity contribution in [3.8, 4) is 16.5 Å². The molecule has 0 amide bonds. The lowest BCUT2D eigenvalue weighted by molar-refractivity contribution is 0.375. The molecule has 0 aliphatic heterocycles. The molecule has 0 bridgehead atoms. The van der Waals surface area contributed by atoms with Crippen molar-refractivity contribution in [2.45, 2.75) is 26.8 Å². The molecule has 0 aromatic carbocycles. The van der Waals surface area contributed by atoms with Crippen LogP contribution in [0.4, 0.5) is 0 Å². The van der Waals surface area contributed by atoms with Gasteiger partial charge in [-0.05, 0) is 19.9 Å². The number of nitrogens with zero attached hydrogens (tertiary/aromatic N) is 3. The van der Waals surface area contributed by atoms with E-state index in [9.17, 15) is 0 Å². The van der Waals surface area contributed by atoms with E-state index in [0.717, 1.165) is 41.7 Å². The van der Waals surface area contributed by atoms with Crippen molar-refractivity contribution in [2.24, 2.45) is 7.05 Å². The van der Waals surface area contributed by atoms with Crippen molar-refractivity contribution in [3.63, 3.8) is 0 Å². The molecular weight excluding hydrogens is 260 g/mol. The number of rotatable bonds is 6. The van der Waals surface area contributed by atoms with E-state index in [4.69, 9.17) is 4.74 Å². The van der Waals surface area contributed by atoms with Crippen LogP contribution >= 0.6 is 11.3 Å². The summed E-state index contributed by atoms with van der Waals surface area (Å²) in [6.07, 6.45) is 3.07. The molecule has 19 heavy (non-hydrogen) atoms. The highest BCUT2D eigenvalue weighted by atomic mass is 32.1. The second-order valence-electron chi connectivity index (χ2n) is 4.40. The molecule has 2 aromatic heterocycles. The van der Waals surface area contributed by atoms with Crippen LogP contribution < -0.4 is 10.1 Å². The van der Waals surface area contributed by atoms with Gasteiger partial charge in [-0.2, -0.15) is 5.10 Å². The first-order valence-corrected chi connectivity index (χ1v) is 7.22. The van der Waals surface area contributed by atoms with Gasteiger partial charge in [-0.3, -0.25) is 0 Å². The highest BCUT2D eigenvalue weighted by molar-refractivity contribution is 7.15. The van der Waals surface area contributed by atoms with E-state index in [0.29, 0.717) is 0 Å². The maximum atomic E-state index is 5.41. The smallest absolute Gasteiger partial charge is 0.222 e. The van der Waals surface area contributed by atoms with Gasteiger partial charge in [0.25, 0.3) is 0 Å². The lowest BCUT2D eigenvalue weighted by Crippen LogP contribution is -2.12. The van der Waals surface area contributed by atoms with Gasteiger partial charge in [-0.1, -0.05) is 6.92 Å². The van der Waals surface area contributed by atoms with Gasteiger partial charge in [0.1, 0.15) is 5.01 Å². The van der Waals surface area contributed by atoms with Crippen molar-refractivity contribution in [2.75, 3.05) is 13.7 Å². The van der Waals surface area contributed by atoms with Crippen LogP contribution in [0, 0.1) is 6.92 Å². The first kappa shape index (κ1) is 14.0. The highest BCUT2D eigenvalue weighted by Crippen LogP contribution is 2.35. The Morgan fingerprint density at radius 2 is 2.26 bits per heavy atom. The molecule has 0 fully saturated rings. The fraction of sp³-hybridized carbons (Fsp3) is 0.538. The largest absolute Gasteiger partial charge is 0.481 e. The Morgan fingerprint density at radius 1 is 1.47 bits per heavy atom. The number of ether oxygens (including phenoxy) is 1. The summed E-state index contributed by atoms with van der Waals surface area (Å²) in [5.74, 6) is 0.764. The van der Waals surface area contributed by atoms with Crippen LogP contribution in [0.3, 0.4) is 0 Å². The summed E-state index contributed by atoms with van der Waals surface area (Å²) in [5, 5.41) is 8.74. The molecule has 0 spiro atoms. The number of hydrogen-bond acceptors (Lipinski definition) is 5. The van der Waals surface area contributed by atoms with E-state index in [1.165, 1.54) is 4.88 Å². The number of methoxy groups -OCH3 is 1. The summed E-state index contributed by atoms with van der Waals surface area (Å²) in [5.41, 5.74) is 1.94. The van der Waals surface area contributed by atoms with Crippen molar-refractivity contribution in [1.29, 1.82) is 0 Å². The Labute approximate surface area is 117 Å². The van der Waals surface area contributed by atoms with Crippen LogP contribution in [0.5, 0.6) is 5.88 Å². The first-order chi connectivity index (χ1) is 9.17. The summed E-state index contributed by atoms with van der Waals surface area (Å²) in [7, 11) is 3.55. The Balaban J connectivity index is 2.23. The third kappa shape index (κ3) is 2.96. The summed E-state index contributed by atoms with van der Waals surface area (Å²) in [6.45, 7) is 6.04. The lowest BCUT2D eigenvalue weighted by atomic mass is 10.2. The highest BCUT2D eigenvalue weighted by Gasteiger charge is 2.18. The van der Waals surface area contributed by atoms with E-state index in [2.05, 4.69) is 22.3 Å². The third-order valence-corrected chi connectivity index (χ3v) is 3.87. The zero-order chi connectivity index (χ0) is 13.8. The molecule has 0 unspecified atom stereocenters. The molecule has 1 N–H and O–H groups in total. The van der Waals surface area contributed by atoms with Crippen LogP contribution in [-0.2, 0) is 13.6 Å². The fourth-order valence-electron chi connectivity index (χ4n) is 2.01. The lowest BCUT2D eigenvalue weighted by Gasteiger charge is -2.01. The Kier molecular flexibility index (Phi) is 4.55. The van der Waals surface area contributed by atoms with Crippen LogP contribution in [-0.4, -0.2) is 28.4 Å². The first-order valence-electron chi connectivity index (χ1n) is 6.40. The van der Waals surface area contributed by atoms with Crippen molar-refractivity contribution in [1.82, 2.24) is 20.1 Å². The molecule has 5 nitrogen and oxygen atoms in total. The van der Waals surface area contributed by atoms with Crippen molar-refractivity contribution < 1.29 is 4.74 Å². The minimum Gasteiger partial charge on any atom is -0.481 e. The molecular formula is C13H20N4OS. The summed E-state index contributed by atoms with van der Waals surface area (Å²) < 4.78 is 7.16. The quantitative estimate of drug-likeness (QED) is 0.825. The SMILES string of the molecule is CCCNCc1cnc(-c2c(C)nn(C)c2OC)s1. The molecule has 0 radical (unpaired) electrons. The topological polar surface area (TPSA) is 52.0 Å². The van der Waals surface area contributed by atoms with Crippen LogP contribution in [0.2, 0.25) is 0 Å². The van der Waals surface area contributed by atoms with Crippen molar-refractivity contribution in [3.05, 3.63) is 16.8 Å². The van der Waals surface area contributed by atoms with Crippen LogP contribution in [0.1, 0.15) is 23.9 Å². The van der Waals surface area contributed by atoms with Crippen molar-refractivity contribution >= 4 is 11.3 Å². The van der Waals surface area contributed by atoms with Gasteiger partial charge < -0.3 is 10.1 Å². The molecule has 2 heterocycles. The number of aromatic nitrogens is 3. The molecule has 6 heteroatoms. The molecule has 0 atom stereocenters. The molecule has 2 aromatic rings. The number of nitrogens with one attached hydrogen (secondary N) is 1. The molecule has 0 aliphatic rings. The minimum absolute atomic E-state index is 0.764. The van der Waals surface area contributed by atoms with Gasteiger partial charge in [0, 0.05) is 24.7 Å². The number of hydrogen-bond donors (Lipinski definition) is 1. The fourth-order valence-corrected chi connectivity index (χ4v) is 2.98. The standard InChI is InChI=1S/C13H20N4OS/c1-5-6-14-7-10-8-15-12(19-10)11-9(2)16-17(3)13(11)18-4/h8,14H,5-7H2,1-4H3. The molecule has 0 saturated heterocycles. The number of thiazole rings is 1. The van der Waals surface area contributed by atoms with Crippen LogP contribution in [0.25, 0.3) is 10.6 Å². The van der Waals surface area contributed by atoms with Gasteiger partial charge in [0.2, 0.25) is 5.88 Å². The normalized spacial score (nSPS) is 10.9. The summed E-state index contributed by atoms with van der Waals surface area (Å²) in [6, 6.07) is 0. The molecule has 104 valence electrons. The van der Waals surface area contributed by atoms with Crippen LogP contribution in [0.15, 0.2) is 6.20 Å². The molecule has 2 rings (SSSR count). The minimum atomic E-state index is 0.764. The van der Waals surface area contributed by atoms with E-state index < -0.39 is 0 Å². The maximum Gasteiger partial charge on any atom is 0.222 e. The Morgan fingerprint density at radius 3 is 2.95 bits per heavy atom. The number of aryl methyl sites for hydroxylation is 2. The Bertz CT molecular complexity index is 547. The predicted octanol–water partition coefficient (Wildman–Crippen LogP) is 2.36. The predicted molar refractivity (Wildman–Crippen MR) is 77.6 cm³/mol. The van der Waals surface area contributed by atoms with Gasteiger partial charge in [0.15, 0.2) is 0 Å². The second-order valence-corrected chi connectivity index (χ2v) is 5.52. The zero-order valence-electron chi connectivity index (χ0n) is 11.9. The summed E-state index contributed by atoms with van der Waals surface area (Å²) >= 11 is 1.69.